The Morgan fingerprint density at radius 2 is 2.31 bits per heavy atom. The van der Waals surface area contributed by atoms with E-state index in [1.807, 2.05) is 0 Å². The van der Waals surface area contributed by atoms with Crippen LogP contribution in [0.25, 0.3) is 0 Å². The predicted octanol–water partition coefficient (Wildman–Crippen LogP) is 3.88. The van der Waals surface area contributed by atoms with Gasteiger partial charge in [-0.1, -0.05) is 33.7 Å². The molecule has 16 heavy (non-hydrogen) atoms. The molecule has 0 saturated carbocycles. The molecular weight excluding hydrogens is 384 g/mol. The highest BCUT2D eigenvalue weighted by Gasteiger charge is 2.29. The molecule has 90 valence electrons. The van der Waals surface area contributed by atoms with Crippen molar-refractivity contribution in [2.24, 2.45) is 0 Å². The second-order valence-electron chi connectivity index (χ2n) is 4.51. The minimum atomic E-state index is -0.630. The monoisotopic (exact) mass is 399 g/mol. The van der Waals surface area contributed by atoms with Gasteiger partial charge in [0.2, 0.25) is 0 Å². The lowest BCUT2D eigenvalue weighted by Crippen LogP contribution is -2.47. The van der Waals surface area contributed by atoms with E-state index in [4.69, 9.17) is 0 Å². The number of allylic oxidation sites excluding steroid dienone is 1. The van der Waals surface area contributed by atoms with Gasteiger partial charge in [-0.05, 0) is 48.8 Å². The zero-order chi connectivity index (χ0) is 11.7. The maximum atomic E-state index is 13.1. The molecule has 0 radical (unpaired) electrons. The van der Waals surface area contributed by atoms with Gasteiger partial charge in [0, 0.05) is 15.7 Å². The SMILES string of the molecule is C[C@H]1NC(C2=CC[C@H](F)CC2)C(Br)C=C1I. The Morgan fingerprint density at radius 3 is 2.94 bits per heavy atom. The van der Waals surface area contributed by atoms with Crippen LogP contribution >= 0.6 is 38.5 Å². The van der Waals surface area contributed by atoms with Crippen molar-refractivity contribution in [3.63, 3.8) is 0 Å². The quantitative estimate of drug-likeness (QED) is 0.401. The lowest BCUT2D eigenvalue weighted by atomic mass is 9.89. The third-order valence-electron chi connectivity index (χ3n) is 3.26. The average Bonchev–Trinajstić information content (AvgIpc) is 2.25. The first-order valence-electron chi connectivity index (χ1n) is 5.68. The van der Waals surface area contributed by atoms with E-state index in [9.17, 15) is 4.39 Å². The Kier molecular flexibility index (Phi) is 4.46. The van der Waals surface area contributed by atoms with E-state index in [-0.39, 0.29) is 0 Å². The van der Waals surface area contributed by atoms with Crippen LogP contribution in [0, 0.1) is 0 Å². The molecule has 1 N–H and O–H groups in total. The Labute approximate surface area is 118 Å². The summed E-state index contributed by atoms with van der Waals surface area (Å²) in [5.74, 6) is 0. The number of halogens is 3. The zero-order valence-electron chi connectivity index (χ0n) is 9.22. The van der Waals surface area contributed by atoms with E-state index in [1.165, 1.54) is 9.15 Å². The van der Waals surface area contributed by atoms with Crippen LogP contribution in [0.5, 0.6) is 0 Å². The van der Waals surface area contributed by atoms with Crippen LogP contribution in [0.15, 0.2) is 21.3 Å². The molecule has 2 rings (SSSR count). The van der Waals surface area contributed by atoms with Gasteiger partial charge >= 0.3 is 0 Å². The molecule has 1 nitrogen and oxygen atoms in total. The Hall–Kier alpha value is 0.580. The molecule has 0 saturated heterocycles. The molecule has 0 aromatic heterocycles. The lowest BCUT2D eigenvalue weighted by Gasteiger charge is -2.34. The van der Waals surface area contributed by atoms with Crippen LogP contribution in [0.3, 0.4) is 0 Å². The molecule has 1 aliphatic heterocycles. The molecular formula is C12H16BrFIN. The summed E-state index contributed by atoms with van der Waals surface area (Å²) in [6.07, 6.45) is 5.86. The van der Waals surface area contributed by atoms with Crippen LogP contribution in [-0.2, 0) is 0 Å². The van der Waals surface area contributed by atoms with Crippen molar-refractivity contribution < 1.29 is 4.39 Å². The molecule has 0 aromatic carbocycles. The van der Waals surface area contributed by atoms with Crippen LogP contribution in [0.4, 0.5) is 4.39 Å². The Bertz CT molecular complexity index is 329. The highest BCUT2D eigenvalue weighted by molar-refractivity contribution is 14.1. The molecule has 0 aromatic rings. The third kappa shape index (κ3) is 2.88. The van der Waals surface area contributed by atoms with Crippen LogP contribution in [0.2, 0.25) is 0 Å². The van der Waals surface area contributed by atoms with E-state index in [0.717, 1.165) is 6.42 Å². The largest absolute Gasteiger partial charge is 0.302 e. The van der Waals surface area contributed by atoms with Gasteiger partial charge in [0.25, 0.3) is 0 Å². The summed E-state index contributed by atoms with van der Waals surface area (Å²) in [7, 11) is 0. The summed E-state index contributed by atoms with van der Waals surface area (Å²) in [5, 5.41) is 3.59. The van der Waals surface area contributed by atoms with Gasteiger partial charge in [-0.25, -0.2) is 4.39 Å². The van der Waals surface area contributed by atoms with E-state index in [1.54, 1.807) is 0 Å². The number of hydrogen-bond acceptors (Lipinski definition) is 1. The maximum Gasteiger partial charge on any atom is 0.104 e. The molecule has 4 heteroatoms. The fraction of sp³-hybridized carbons (Fsp3) is 0.667. The fourth-order valence-electron chi connectivity index (χ4n) is 2.25. The van der Waals surface area contributed by atoms with Crippen molar-refractivity contribution in [1.82, 2.24) is 5.32 Å². The molecule has 0 amide bonds. The standard InChI is InChI=1S/C12H16BrFIN/c1-7-11(15)6-10(13)12(16-7)8-2-4-9(14)5-3-8/h2,6-7,9-10,12,16H,3-5H2,1H3/t7-,9+,10?,12?/m1/s1. The Balaban J connectivity index is 2.11. The lowest BCUT2D eigenvalue weighted by molar-refractivity contribution is 0.302. The minimum absolute atomic E-state index is 0.331. The smallest absolute Gasteiger partial charge is 0.104 e. The second-order valence-corrected chi connectivity index (χ2v) is 6.82. The van der Waals surface area contributed by atoms with Gasteiger partial charge in [-0.2, -0.15) is 0 Å². The summed E-state index contributed by atoms with van der Waals surface area (Å²) in [6, 6.07) is 0.740. The summed E-state index contributed by atoms with van der Waals surface area (Å²) in [4.78, 5) is 0.331. The molecule has 4 atom stereocenters. The highest BCUT2D eigenvalue weighted by Crippen LogP contribution is 2.31. The van der Waals surface area contributed by atoms with Gasteiger partial charge in [0.15, 0.2) is 0 Å². The molecule has 2 unspecified atom stereocenters. The average molecular weight is 400 g/mol. The van der Waals surface area contributed by atoms with Crippen LogP contribution < -0.4 is 5.32 Å². The van der Waals surface area contributed by atoms with Crippen molar-refractivity contribution >= 4 is 38.5 Å². The predicted molar refractivity (Wildman–Crippen MR) is 78.0 cm³/mol. The summed E-state index contributed by atoms with van der Waals surface area (Å²) in [5.41, 5.74) is 1.36. The first kappa shape index (κ1) is 13.0. The number of hydrogen-bond donors (Lipinski definition) is 1. The van der Waals surface area contributed by atoms with E-state index >= 15 is 0 Å². The normalized spacial score (nSPS) is 40.2. The van der Waals surface area contributed by atoms with Crippen LogP contribution in [0.1, 0.15) is 26.2 Å². The fourth-order valence-corrected chi connectivity index (χ4v) is 4.09. The molecule has 2 aliphatic rings. The van der Waals surface area contributed by atoms with Crippen molar-refractivity contribution in [1.29, 1.82) is 0 Å². The van der Waals surface area contributed by atoms with Gasteiger partial charge in [0.1, 0.15) is 6.17 Å². The molecule has 0 spiro atoms. The minimum Gasteiger partial charge on any atom is -0.302 e. The van der Waals surface area contributed by atoms with E-state index in [0.29, 0.717) is 29.8 Å². The van der Waals surface area contributed by atoms with Gasteiger partial charge in [-0.15, -0.1) is 0 Å². The first-order chi connectivity index (χ1) is 7.58. The molecule has 0 fully saturated rings. The summed E-state index contributed by atoms with van der Waals surface area (Å²) in [6.45, 7) is 2.17. The second kappa shape index (κ2) is 5.48. The maximum absolute atomic E-state index is 13.1. The van der Waals surface area contributed by atoms with Gasteiger partial charge in [-0.3, -0.25) is 0 Å². The number of alkyl halides is 2. The van der Waals surface area contributed by atoms with Gasteiger partial charge < -0.3 is 5.32 Å². The Morgan fingerprint density at radius 1 is 1.56 bits per heavy atom. The summed E-state index contributed by atoms with van der Waals surface area (Å²) >= 11 is 6.07. The molecule has 1 aliphatic carbocycles. The van der Waals surface area contributed by atoms with Crippen molar-refractivity contribution in [3.05, 3.63) is 21.3 Å². The highest BCUT2D eigenvalue weighted by atomic mass is 127. The third-order valence-corrected chi connectivity index (χ3v) is 5.35. The van der Waals surface area contributed by atoms with Crippen molar-refractivity contribution in [3.8, 4) is 0 Å². The summed E-state index contributed by atoms with van der Waals surface area (Å²) < 4.78 is 14.4. The molecule has 1 heterocycles. The topological polar surface area (TPSA) is 12.0 Å². The van der Waals surface area contributed by atoms with Crippen molar-refractivity contribution in [2.45, 2.75) is 49.3 Å². The zero-order valence-corrected chi connectivity index (χ0v) is 13.0. The molecule has 0 bridgehead atoms. The van der Waals surface area contributed by atoms with E-state index < -0.39 is 6.17 Å². The first-order valence-corrected chi connectivity index (χ1v) is 7.67. The van der Waals surface area contributed by atoms with Gasteiger partial charge in [0.05, 0.1) is 4.83 Å². The van der Waals surface area contributed by atoms with Crippen LogP contribution in [-0.4, -0.2) is 23.1 Å². The van der Waals surface area contributed by atoms with E-state index in [2.05, 4.69) is 62.9 Å². The number of rotatable bonds is 1. The number of nitrogens with one attached hydrogen (secondary N) is 1. The van der Waals surface area contributed by atoms with Crippen molar-refractivity contribution in [2.75, 3.05) is 0 Å².